The third kappa shape index (κ3) is 2.32. The Morgan fingerprint density at radius 3 is 2.55 bits per heavy atom. The summed E-state index contributed by atoms with van der Waals surface area (Å²) >= 11 is 3.44. The molecular weight excluding hydrogens is 436 g/mol. The van der Waals surface area contributed by atoms with E-state index in [9.17, 15) is 15.8 Å². The van der Waals surface area contributed by atoms with E-state index in [0.717, 1.165) is 19.3 Å². The summed E-state index contributed by atoms with van der Waals surface area (Å²) in [5.41, 5.74) is -3.04. The van der Waals surface area contributed by atoms with Gasteiger partial charge in [0.05, 0.1) is 35.7 Å². The maximum atomic E-state index is 10.3. The molecule has 2 aliphatic heterocycles. The molecule has 1 saturated carbocycles. The zero-order valence-electron chi connectivity index (χ0n) is 15.9. The van der Waals surface area contributed by atoms with Crippen molar-refractivity contribution in [3.05, 3.63) is 28.2 Å². The molecule has 29 heavy (non-hydrogen) atoms. The topological polar surface area (TPSA) is 123 Å². The van der Waals surface area contributed by atoms with Crippen LogP contribution < -0.4 is 4.74 Å². The fraction of sp³-hybridized carbons (Fsp3) is 0.524. The number of benzene rings is 1. The summed E-state index contributed by atoms with van der Waals surface area (Å²) in [5.74, 6) is -1.44. The highest BCUT2D eigenvalue weighted by molar-refractivity contribution is 9.10. The van der Waals surface area contributed by atoms with Crippen molar-refractivity contribution in [2.45, 2.75) is 44.0 Å². The Bertz CT molecular complexity index is 993. The number of nitrogens with zero attached hydrogens (tertiary/aromatic N) is 3. The van der Waals surface area contributed by atoms with Gasteiger partial charge in [0, 0.05) is 6.42 Å². The predicted molar refractivity (Wildman–Crippen MR) is 104 cm³/mol. The van der Waals surface area contributed by atoms with Crippen molar-refractivity contribution in [2.75, 3.05) is 7.11 Å². The second kappa shape index (κ2) is 6.73. The van der Waals surface area contributed by atoms with E-state index in [4.69, 9.17) is 19.6 Å². The number of halogens is 1. The lowest BCUT2D eigenvalue weighted by Crippen LogP contribution is -2.59. The molecule has 0 radical (unpaired) electrons. The molecule has 0 aromatic heterocycles. The molecular formula is C21H19BrN4O3. The van der Waals surface area contributed by atoms with Crippen LogP contribution in [0.2, 0.25) is 0 Å². The van der Waals surface area contributed by atoms with Crippen LogP contribution in [0.5, 0.6) is 5.75 Å². The zero-order valence-corrected chi connectivity index (χ0v) is 17.5. The third-order valence-corrected chi connectivity index (χ3v) is 7.16. The molecule has 1 aliphatic carbocycles. The van der Waals surface area contributed by atoms with Crippen LogP contribution in [-0.2, 0) is 9.47 Å². The summed E-state index contributed by atoms with van der Waals surface area (Å²) in [7, 11) is 1.54. The molecule has 3 aliphatic rings. The molecule has 1 N–H and O–H groups in total. The number of rotatable bonds is 2. The van der Waals surface area contributed by atoms with E-state index in [1.165, 1.54) is 0 Å². The third-order valence-electron chi connectivity index (χ3n) is 6.54. The molecule has 0 amide bonds. The SMILES string of the molecule is COc1ccc(C2OC34CCCCCC3C(C#N)(C(=N)O4)C2(C#N)C#N)cc1Br. The number of nitrogens with one attached hydrogen (secondary N) is 1. The quantitative estimate of drug-likeness (QED) is 0.707. The molecule has 2 bridgehead atoms. The van der Waals surface area contributed by atoms with Gasteiger partial charge in [-0.15, -0.1) is 0 Å². The van der Waals surface area contributed by atoms with E-state index >= 15 is 0 Å². The van der Waals surface area contributed by atoms with Gasteiger partial charge in [-0.3, -0.25) is 5.41 Å². The molecule has 4 unspecified atom stereocenters. The van der Waals surface area contributed by atoms with Crippen LogP contribution in [0.25, 0.3) is 0 Å². The first-order valence-corrected chi connectivity index (χ1v) is 10.3. The highest BCUT2D eigenvalue weighted by atomic mass is 79.9. The van der Waals surface area contributed by atoms with Gasteiger partial charge in [0.2, 0.25) is 17.1 Å². The lowest BCUT2D eigenvalue weighted by molar-refractivity contribution is -0.284. The Morgan fingerprint density at radius 1 is 1.17 bits per heavy atom. The lowest BCUT2D eigenvalue weighted by Gasteiger charge is -2.49. The number of hydrogen-bond donors (Lipinski definition) is 1. The summed E-state index contributed by atoms with van der Waals surface area (Å²) in [6, 6.07) is 11.5. The van der Waals surface area contributed by atoms with Crippen molar-refractivity contribution in [1.29, 1.82) is 21.2 Å². The van der Waals surface area contributed by atoms with Gasteiger partial charge in [0.15, 0.2) is 5.41 Å². The predicted octanol–water partition coefficient (Wildman–Crippen LogP) is 4.36. The molecule has 4 atom stereocenters. The summed E-state index contributed by atoms with van der Waals surface area (Å²) in [6.07, 6.45) is 2.66. The van der Waals surface area contributed by atoms with Crippen molar-refractivity contribution in [3.63, 3.8) is 0 Å². The van der Waals surface area contributed by atoms with Crippen molar-refractivity contribution in [3.8, 4) is 24.0 Å². The highest BCUT2D eigenvalue weighted by Crippen LogP contribution is 2.69. The number of methoxy groups -OCH3 is 1. The first kappa shape index (κ1) is 19.7. The average molecular weight is 455 g/mol. The first-order valence-electron chi connectivity index (χ1n) is 9.47. The van der Waals surface area contributed by atoms with Gasteiger partial charge in [0.1, 0.15) is 11.9 Å². The van der Waals surface area contributed by atoms with Crippen molar-refractivity contribution in [1.82, 2.24) is 0 Å². The Hall–Kier alpha value is -2.60. The molecule has 3 fully saturated rings. The summed E-state index contributed by atoms with van der Waals surface area (Å²) < 4.78 is 18.3. The largest absolute Gasteiger partial charge is 0.496 e. The maximum absolute atomic E-state index is 10.3. The molecule has 1 aromatic rings. The van der Waals surface area contributed by atoms with E-state index < -0.39 is 28.6 Å². The van der Waals surface area contributed by atoms with Crippen LogP contribution in [-0.4, -0.2) is 18.8 Å². The molecule has 148 valence electrons. The molecule has 2 heterocycles. The van der Waals surface area contributed by atoms with E-state index in [0.29, 0.717) is 28.6 Å². The van der Waals surface area contributed by atoms with Crippen LogP contribution in [0.1, 0.15) is 43.8 Å². The minimum atomic E-state index is -1.91. The second-order valence-electron chi connectivity index (χ2n) is 7.74. The molecule has 2 saturated heterocycles. The van der Waals surface area contributed by atoms with E-state index in [1.807, 2.05) is 0 Å². The van der Waals surface area contributed by atoms with Crippen molar-refractivity contribution in [2.24, 2.45) is 16.7 Å². The Balaban J connectivity index is 1.98. The smallest absolute Gasteiger partial charge is 0.217 e. The van der Waals surface area contributed by atoms with Gasteiger partial charge in [-0.2, -0.15) is 15.8 Å². The highest BCUT2D eigenvalue weighted by Gasteiger charge is 2.80. The van der Waals surface area contributed by atoms with Gasteiger partial charge >= 0.3 is 0 Å². The van der Waals surface area contributed by atoms with Gasteiger partial charge in [0.25, 0.3) is 0 Å². The van der Waals surface area contributed by atoms with Crippen LogP contribution in [0.15, 0.2) is 22.7 Å². The van der Waals surface area contributed by atoms with Crippen LogP contribution in [0, 0.1) is 56.2 Å². The minimum absolute atomic E-state index is 0.329. The van der Waals surface area contributed by atoms with E-state index in [-0.39, 0.29) is 5.90 Å². The Morgan fingerprint density at radius 2 is 1.93 bits per heavy atom. The number of nitriles is 3. The minimum Gasteiger partial charge on any atom is -0.496 e. The molecule has 0 spiro atoms. The summed E-state index contributed by atoms with van der Waals surface area (Å²) in [6.45, 7) is 0. The van der Waals surface area contributed by atoms with Crippen molar-refractivity contribution >= 4 is 21.8 Å². The summed E-state index contributed by atoms with van der Waals surface area (Å²) in [4.78, 5) is 0. The Labute approximate surface area is 177 Å². The normalized spacial score (nSPS) is 34.5. The van der Waals surface area contributed by atoms with Gasteiger partial charge in [-0.05, 0) is 46.5 Å². The summed E-state index contributed by atoms with van der Waals surface area (Å²) in [5, 5.41) is 39.3. The molecule has 4 rings (SSSR count). The maximum Gasteiger partial charge on any atom is 0.217 e. The zero-order chi connectivity index (χ0) is 20.9. The van der Waals surface area contributed by atoms with Crippen molar-refractivity contribution < 1.29 is 14.2 Å². The number of ether oxygens (including phenoxy) is 3. The number of hydrogen-bond acceptors (Lipinski definition) is 7. The first-order chi connectivity index (χ1) is 13.9. The molecule has 8 heteroatoms. The van der Waals surface area contributed by atoms with E-state index in [2.05, 4.69) is 34.1 Å². The van der Waals surface area contributed by atoms with Crippen LogP contribution in [0.4, 0.5) is 0 Å². The van der Waals surface area contributed by atoms with Crippen LogP contribution in [0.3, 0.4) is 0 Å². The fourth-order valence-corrected chi connectivity index (χ4v) is 5.74. The monoisotopic (exact) mass is 454 g/mol. The Kier molecular flexibility index (Phi) is 4.57. The van der Waals surface area contributed by atoms with E-state index in [1.54, 1.807) is 25.3 Å². The van der Waals surface area contributed by atoms with Crippen LogP contribution >= 0.6 is 15.9 Å². The van der Waals surface area contributed by atoms with Gasteiger partial charge in [-0.25, -0.2) is 0 Å². The molecule has 1 aromatic carbocycles. The fourth-order valence-electron chi connectivity index (χ4n) is 5.18. The second-order valence-corrected chi connectivity index (χ2v) is 8.59. The van der Waals surface area contributed by atoms with Gasteiger partial charge < -0.3 is 14.2 Å². The lowest BCUT2D eigenvalue weighted by atomic mass is 9.52. The molecule has 7 nitrogen and oxygen atoms in total. The standard InChI is InChI=1S/C21H19BrN4O3/c1-27-15-7-6-13(9-14(15)22)17-19(10-23,11-24)20(12-25)16-5-3-2-4-8-21(16,28-17)29-18(20)26/h6-7,9,16-17,26H,2-5,8H2,1H3. The average Bonchev–Trinajstić information content (AvgIpc) is 2.85. The van der Waals surface area contributed by atoms with Gasteiger partial charge in [-0.1, -0.05) is 18.9 Å².